The molecule has 0 fully saturated rings. The summed E-state index contributed by atoms with van der Waals surface area (Å²) in [7, 11) is 3.84. The van der Waals surface area contributed by atoms with Gasteiger partial charge < -0.3 is 10.3 Å². The quantitative estimate of drug-likeness (QED) is 0.605. The second kappa shape index (κ2) is 5.65. The predicted molar refractivity (Wildman–Crippen MR) is 49.6 cm³/mol. The Morgan fingerprint density at radius 3 is 2.55 bits per heavy atom. The van der Waals surface area contributed by atoms with E-state index in [0.717, 1.165) is 12.1 Å². The molecule has 0 rings (SSSR count). The van der Waals surface area contributed by atoms with Crippen LogP contribution in [0.15, 0.2) is 16.8 Å². The van der Waals surface area contributed by atoms with Crippen molar-refractivity contribution in [1.82, 2.24) is 4.90 Å². The summed E-state index contributed by atoms with van der Waals surface area (Å²) in [4.78, 5) is 5.92. The molecule has 0 aliphatic carbocycles. The maximum atomic E-state index is 7.02. The number of hydrogen-bond donors (Lipinski definition) is 1. The molecule has 0 radical (unpaired) electrons. The molecule has 0 aromatic rings. The zero-order valence-electron chi connectivity index (χ0n) is 7.33. The van der Waals surface area contributed by atoms with E-state index in [0.29, 0.717) is 0 Å². The van der Waals surface area contributed by atoms with E-state index in [4.69, 9.17) is 5.41 Å². The van der Waals surface area contributed by atoms with E-state index >= 15 is 0 Å². The highest BCUT2D eigenvalue weighted by Gasteiger charge is 1.86. The van der Waals surface area contributed by atoms with Gasteiger partial charge in [0.15, 0.2) is 0 Å². The summed E-state index contributed by atoms with van der Waals surface area (Å²) in [6.45, 7) is 2.73. The number of nitrogens with one attached hydrogen (secondary N) is 1. The smallest absolute Gasteiger partial charge is 0.0361 e. The molecule has 11 heavy (non-hydrogen) atoms. The number of aliphatic imine (C=N–C) groups is 1. The second-order valence-corrected chi connectivity index (χ2v) is 2.36. The van der Waals surface area contributed by atoms with E-state index in [1.54, 1.807) is 6.21 Å². The van der Waals surface area contributed by atoms with Gasteiger partial charge in [-0.1, -0.05) is 0 Å². The highest BCUT2D eigenvalue weighted by Crippen LogP contribution is 1.87. The maximum Gasteiger partial charge on any atom is 0.0361 e. The molecule has 62 valence electrons. The molecule has 1 N–H and O–H groups in total. The van der Waals surface area contributed by atoms with Crippen LogP contribution < -0.4 is 0 Å². The first-order chi connectivity index (χ1) is 5.20. The highest BCUT2D eigenvalue weighted by atomic mass is 15.0. The fourth-order valence-corrected chi connectivity index (χ4v) is 0.603. The van der Waals surface area contributed by atoms with Crippen LogP contribution in [-0.2, 0) is 0 Å². The minimum absolute atomic E-state index is 0.763. The van der Waals surface area contributed by atoms with Gasteiger partial charge in [-0.25, -0.2) is 0 Å². The second-order valence-electron chi connectivity index (χ2n) is 2.36. The lowest BCUT2D eigenvalue weighted by atomic mass is 10.3. The summed E-state index contributed by atoms with van der Waals surface area (Å²) < 4.78 is 0. The molecule has 0 aromatic heterocycles. The summed E-state index contributed by atoms with van der Waals surface area (Å²) in [5.74, 6) is 0. The molecular weight excluding hydrogens is 138 g/mol. The average molecular weight is 153 g/mol. The summed E-state index contributed by atoms with van der Waals surface area (Å²) in [6.07, 6.45) is 4.85. The molecule has 0 aromatic carbocycles. The molecule has 3 heteroatoms. The number of rotatable bonds is 4. The summed E-state index contributed by atoms with van der Waals surface area (Å²) in [5.41, 5.74) is 0.817. The lowest BCUT2D eigenvalue weighted by Crippen LogP contribution is -2.04. The molecule has 0 aliphatic rings. The van der Waals surface area contributed by atoms with Crippen molar-refractivity contribution in [3.05, 3.63) is 11.8 Å². The minimum Gasteiger partial charge on any atom is -0.383 e. The number of hydrogen-bond acceptors (Lipinski definition) is 3. The van der Waals surface area contributed by atoms with Crippen LogP contribution in [-0.4, -0.2) is 38.0 Å². The van der Waals surface area contributed by atoms with E-state index < -0.39 is 0 Å². The van der Waals surface area contributed by atoms with Crippen LogP contribution in [0.5, 0.6) is 0 Å². The van der Waals surface area contributed by atoms with Crippen LogP contribution in [0.4, 0.5) is 0 Å². The third-order valence-electron chi connectivity index (χ3n) is 0.997. The van der Waals surface area contributed by atoms with E-state index in [9.17, 15) is 0 Å². The molecule has 0 amide bonds. The van der Waals surface area contributed by atoms with Gasteiger partial charge in [-0.3, -0.25) is 4.99 Å². The molecule has 0 bridgehead atoms. The van der Waals surface area contributed by atoms with Crippen molar-refractivity contribution in [2.75, 3.05) is 20.6 Å². The highest BCUT2D eigenvalue weighted by molar-refractivity contribution is 6.02. The van der Waals surface area contributed by atoms with Crippen molar-refractivity contribution in [2.45, 2.75) is 6.92 Å². The fourth-order valence-electron chi connectivity index (χ4n) is 0.603. The van der Waals surface area contributed by atoms with Gasteiger partial charge in [0.1, 0.15) is 0 Å². The van der Waals surface area contributed by atoms with Crippen molar-refractivity contribution in [1.29, 1.82) is 5.41 Å². The van der Waals surface area contributed by atoms with Crippen LogP contribution in [0.1, 0.15) is 6.92 Å². The SMILES string of the molecule is CCN=C/C(C=N)=C\N(C)C. The molecule has 0 spiro atoms. The Hall–Kier alpha value is -1.12. The van der Waals surface area contributed by atoms with Crippen LogP contribution in [0.25, 0.3) is 0 Å². The van der Waals surface area contributed by atoms with Gasteiger partial charge in [0.25, 0.3) is 0 Å². The molecule has 0 saturated heterocycles. The van der Waals surface area contributed by atoms with Crippen molar-refractivity contribution >= 4 is 12.4 Å². The molecule has 0 unspecified atom stereocenters. The third kappa shape index (κ3) is 5.33. The van der Waals surface area contributed by atoms with E-state index in [1.165, 1.54) is 6.21 Å². The molecular formula is C8H15N3. The fraction of sp³-hybridized carbons (Fsp3) is 0.500. The first-order valence-electron chi connectivity index (χ1n) is 3.59. The van der Waals surface area contributed by atoms with Crippen molar-refractivity contribution in [3.8, 4) is 0 Å². The first-order valence-corrected chi connectivity index (χ1v) is 3.59. The molecule has 0 saturated carbocycles. The molecule has 3 nitrogen and oxygen atoms in total. The Balaban J connectivity index is 4.16. The van der Waals surface area contributed by atoms with Gasteiger partial charge in [0, 0.05) is 44.8 Å². The van der Waals surface area contributed by atoms with Gasteiger partial charge in [0.05, 0.1) is 0 Å². The summed E-state index contributed by atoms with van der Waals surface area (Å²) in [5, 5.41) is 7.02. The first kappa shape index (κ1) is 9.88. The normalized spacial score (nSPS) is 12.1. The van der Waals surface area contributed by atoms with Crippen molar-refractivity contribution in [2.24, 2.45) is 4.99 Å². The van der Waals surface area contributed by atoms with Gasteiger partial charge in [-0.2, -0.15) is 0 Å². The topological polar surface area (TPSA) is 39.5 Å². The van der Waals surface area contributed by atoms with Crippen molar-refractivity contribution in [3.63, 3.8) is 0 Å². The monoisotopic (exact) mass is 153 g/mol. The van der Waals surface area contributed by atoms with Crippen LogP contribution in [0, 0.1) is 5.41 Å². The maximum absolute atomic E-state index is 7.02. The number of allylic oxidation sites excluding steroid dienone is 1. The van der Waals surface area contributed by atoms with E-state index in [1.807, 2.05) is 32.1 Å². The van der Waals surface area contributed by atoms with E-state index in [2.05, 4.69) is 4.99 Å². The largest absolute Gasteiger partial charge is 0.383 e. The van der Waals surface area contributed by atoms with Crippen LogP contribution >= 0.6 is 0 Å². The van der Waals surface area contributed by atoms with Crippen molar-refractivity contribution < 1.29 is 0 Å². The summed E-state index contributed by atoms with van der Waals surface area (Å²) >= 11 is 0. The van der Waals surface area contributed by atoms with Gasteiger partial charge in [-0.15, -0.1) is 0 Å². The average Bonchev–Trinajstić information content (AvgIpc) is 1.97. The summed E-state index contributed by atoms with van der Waals surface area (Å²) in [6, 6.07) is 0. The van der Waals surface area contributed by atoms with E-state index in [-0.39, 0.29) is 0 Å². The zero-order valence-corrected chi connectivity index (χ0v) is 7.33. The van der Waals surface area contributed by atoms with Gasteiger partial charge in [-0.05, 0) is 6.92 Å². The van der Waals surface area contributed by atoms with Gasteiger partial charge in [0.2, 0.25) is 0 Å². The third-order valence-corrected chi connectivity index (χ3v) is 0.997. The van der Waals surface area contributed by atoms with Crippen LogP contribution in [0.2, 0.25) is 0 Å². The zero-order chi connectivity index (χ0) is 8.69. The standard InChI is InChI=1S/C8H15N3/c1-4-10-6-8(5-9)7-11(2)3/h5-7,9H,4H2,1-3H3/b8-7-,9-5?,10-6?. The lowest BCUT2D eigenvalue weighted by molar-refractivity contribution is 0.563. The Bertz CT molecular complexity index is 168. The Morgan fingerprint density at radius 1 is 1.55 bits per heavy atom. The van der Waals surface area contributed by atoms with Crippen LogP contribution in [0.3, 0.4) is 0 Å². The molecule has 0 aliphatic heterocycles. The molecule has 0 heterocycles. The predicted octanol–water partition coefficient (Wildman–Crippen LogP) is 1.17. The lowest BCUT2D eigenvalue weighted by Gasteiger charge is -2.04. The minimum atomic E-state index is 0.763. The number of nitrogens with zero attached hydrogens (tertiary/aromatic N) is 2. The Kier molecular flexibility index (Phi) is 5.07. The molecule has 0 atom stereocenters. The Morgan fingerprint density at radius 2 is 2.18 bits per heavy atom. The van der Waals surface area contributed by atoms with Gasteiger partial charge >= 0.3 is 0 Å². The Labute approximate surface area is 67.9 Å².